The Bertz CT molecular complexity index is 832. The Balaban J connectivity index is 1.66. The van der Waals surface area contributed by atoms with Gasteiger partial charge in [-0.3, -0.25) is 0 Å². The number of carbonyl (C=O) groups excluding carboxylic acids is 1. The first-order valence-corrected chi connectivity index (χ1v) is 9.05. The minimum Gasteiger partial charge on any atom is -0.489 e. The van der Waals surface area contributed by atoms with E-state index in [0.717, 1.165) is 22.6 Å². The topological polar surface area (TPSA) is 54.7 Å². The van der Waals surface area contributed by atoms with E-state index in [1.165, 1.54) is 0 Å². The quantitative estimate of drug-likeness (QED) is 0.636. The van der Waals surface area contributed by atoms with E-state index in [4.69, 9.17) is 9.15 Å². The number of carbonyl (C=O) groups is 1. The summed E-state index contributed by atoms with van der Waals surface area (Å²) in [5.41, 5.74) is 2.11. The molecule has 1 N–H and O–H groups in total. The Morgan fingerprint density at radius 3 is 2.56 bits per heavy atom. The summed E-state index contributed by atoms with van der Waals surface area (Å²) in [5.74, 6) is 1.53. The van der Waals surface area contributed by atoms with Crippen LogP contribution in [0, 0.1) is 0 Å². The fraction of sp³-hybridized carbons (Fsp3) is 0.227. The summed E-state index contributed by atoms with van der Waals surface area (Å²) >= 11 is 0. The molecule has 0 saturated heterocycles. The first-order chi connectivity index (χ1) is 13.2. The Morgan fingerprint density at radius 1 is 1.00 bits per heavy atom. The van der Waals surface area contributed by atoms with Crippen molar-refractivity contribution in [3.05, 3.63) is 89.9 Å². The summed E-state index contributed by atoms with van der Waals surface area (Å²) in [6.07, 6.45) is 1.61. The highest BCUT2D eigenvalue weighted by molar-refractivity contribution is 5.74. The number of nitrogens with zero attached hydrogens (tertiary/aromatic N) is 1. The van der Waals surface area contributed by atoms with E-state index < -0.39 is 0 Å². The first-order valence-electron chi connectivity index (χ1n) is 9.05. The molecule has 0 aliphatic heterocycles. The van der Waals surface area contributed by atoms with Gasteiger partial charge in [0.1, 0.15) is 18.1 Å². The molecule has 5 heteroatoms. The van der Waals surface area contributed by atoms with Gasteiger partial charge in [-0.15, -0.1) is 0 Å². The molecule has 2 amide bonds. The van der Waals surface area contributed by atoms with Gasteiger partial charge >= 0.3 is 6.03 Å². The monoisotopic (exact) mass is 364 g/mol. The number of nitrogens with one attached hydrogen (secondary N) is 1. The lowest BCUT2D eigenvalue weighted by Gasteiger charge is -2.22. The summed E-state index contributed by atoms with van der Waals surface area (Å²) in [7, 11) is 0. The van der Waals surface area contributed by atoms with Gasteiger partial charge in [0.05, 0.1) is 12.8 Å². The maximum atomic E-state index is 12.4. The van der Waals surface area contributed by atoms with Crippen molar-refractivity contribution in [3.63, 3.8) is 0 Å². The molecular formula is C22H24N2O3. The summed E-state index contributed by atoms with van der Waals surface area (Å²) in [6, 6.07) is 21.4. The van der Waals surface area contributed by atoms with Gasteiger partial charge < -0.3 is 19.4 Å². The zero-order valence-electron chi connectivity index (χ0n) is 15.4. The van der Waals surface area contributed by atoms with Gasteiger partial charge in [0.25, 0.3) is 0 Å². The largest absolute Gasteiger partial charge is 0.489 e. The smallest absolute Gasteiger partial charge is 0.318 e. The highest BCUT2D eigenvalue weighted by atomic mass is 16.5. The molecule has 27 heavy (non-hydrogen) atoms. The summed E-state index contributed by atoms with van der Waals surface area (Å²) < 4.78 is 11.3. The molecule has 0 aliphatic carbocycles. The molecule has 0 bridgehead atoms. The number of benzene rings is 2. The highest BCUT2D eigenvalue weighted by Gasteiger charge is 2.15. The van der Waals surface area contributed by atoms with Crippen LogP contribution in [0.15, 0.2) is 77.4 Å². The van der Waals surface area contributed by atoms with E-state index in [9.17, 15) is 4.79 Å². The van der Waals surface area contributed by atoms with Crippen LogP contribution in [0.1, 0.15) is 23.8 Å². The average Bonchev–Trinajstić information content (AvgIpc) is 3.20. The fourth-order valence-corrected chi connectivity index (χ4v) is 2.75. The average molecular weight is 364 g/mol. The van der Waals surface area contributed by atoms with Crippen molar-refractivity contribution in [2.75, 3.05) is 6.54 Å². The Hall–Kier alpha value is -3.21. The molecule has 0 spiro atoms. The summed E-state index contributed by atoms with van der Waals surface area (Å²) in [6.45, 7) is 3.87. The number of amides is 2. The molecule has 140 valence electrons. The second-order valence-electron chi connectivity index (χ2n) is 6.19. The zero-order chi connectivity index (χ0) is 18.9. The standard InChI is InChI=1S/C22H24N2O3/c1-2-23-22(25)24(16-21-12-7-13-26-21)15-19-10-6-11-20(14-19)27-17-18-8-4-3-5-9-18/h3-14H,2,15-17H2,1H3,(H,23,25). The number of rotatable bonds is 8. The minimum absolute atomic E-state index is 0.121. The number of ether oxygens (including phenoxy) is 1. The minimum atomic E-state index is -0.121. The van der Waals surface area contributed by atoms with Crippen molar-refractivity contribution in [2.45, 2.75) is 26.6 Å². The predicted octanol–water partition coefficient (Wildman–Crippen LogP) is 4.59. The lowest BCUT2D eigenvalue weighted by atomic mass is 10.2. The van der Waals surface area contributed by atoms with E-state index in [1.54, 1.807) is 11.2 Å². The van der Waals surface area contributed by atoms with Crippen LogP contribution in [0.2, 0.25) is 0 Å². The first kappa shape index (κ1) is 18.6. The van der Waals surface area contributed by atoms with Crippen molar-refractivity contribution in [1.82, 2.24) is 10.2 Å². The molecule has 3 rings (SSSR count). The summed E-state index contributed by atoms with van der Waals surface area (Å²) in [5, 5.41) is 2.85. The van der Waals surface area contributed by atoms with Gasteiger partial charge in [-0.25, -0.2) is 4.79 Å². The van der Waals surface area contributed by atoms with Crippen molar-refractivity contribution < 1.29 is 13.9 Å². The molecule has 5 nitrogen and oxygen atoms in total. The van der Waals surface area contributed by atoms with Crippen molar-refractivity contribution in [2.24, 2.45) is 0 Å². The van der Waals surface area contributed by atoms with Crippen LogP contribution in [0.25, 0.3) is 0 Å². The lowest BCUT2D eigenvalue weighted by molar-refractivity contribution is 0.188. The van der Waals surface area contributed by atoms with Crippen LogP contribution in [0.5, 0.6) is 5.75 Å². The predicted molar refractivity (Wildman–Crippen MR) is 104 cm³/mol. The molecule has 1 heterocycles. The van der Waals surface area contributed by atoms with Gasteiger partial charge in [-0.2, -0.15) is 0 Å². The van der Waals surface area contributed by atoms with E-state index >= 15 is 0 Å². The van der Waals surface area contributed by atoms with Gasteiger partial charge in [0, 0.05) is 13.1 Å². The molecule has 2 aromatic carbocycles. The third-order valence-electron chi connectivity index (χ3n) is 4.06. The van der Waals surface area contributed by atoms with Crippen molar-refractivity contribution in [1.29, 1.82) is 0 Å². The van der Waals surface area contributed by atoms with Crippen LogP contribution in [0.3, 0.4) is 0 Å². The molecule has 0 fully saturated rings. The molecule has 0 unspecified atom stereocenters. The molecule has 0 atom stereocenters. The number of furan rings is 1. The van der Waals surface area contributed by atoms with Crippen LogP contribution in [-0.4, -0.2) is 17.5 Å². The van der Waals surface area contributed by atoms with E-state index in [2.05, 4.69) is 5.32 Å². The number of hydrogen-bond donors (Lipinski definition) is 1. The van der Waals surface area contributed by atoms with Gasteiger partial charge in [-0.05, 0) is 42.3 Å². The van der Waals surface area contributed by atoms with Crippen LogP contribution in [-0.2, 0) is 19.7 Å². The normalized spacial score (nSPS) is 10.4. The SMILES string of the molecule is CCNC(=O)N(Cc1cccc(OCc2ccccc2)c1)Cc1ccco1. The Labute approximate surface area is 159 Å². The number of hydrogen-bond acceptors (Lipinski definition) is 3. The molecule has 0 aliphatic rings. The molecular weight excluding hydrogens is 340 g/mol. The highest BCUT2D eigenvalue weighted by Crippen LogP contribution is 2.18. The lowest BCUT2D eigenvalue weighted by Crippen LogP contribution is -2.38. The molecule has 1 aromatic heterocycles. The molecule has 0 saturated carbocycles. The Morgan fingerprint density at radius 2 is 1.81 bits per heavy atom. The second kappa shape index (κ2) is 9.48. The van der Waals surface area contributed by atoms with E-state index in [0.29, 0.717) is 26.2 Å². The van der Waals surface area contributed by atoms with Gasteiger partial charge in [0.2, 0.25) is 0 Å². The second-order valence-corrected chi connectivity index (χ2v) is 6.19. The van der Waals surface area contributed by atoms with Gasteiger partial charge in [-0.1, -0.05) is 42.5 Å². The third kappa shape index (κ3) is 5.64. The van der Waals surface area contributed by atoms with Gasteiger partial charge in [0.15, 0.2) is 0 Å². The molecule has 3 aromatic rings. The van der Waals surface area contributed by atoms with Crippen LogP contribution in [0.4, 0.5) is 4.79 Å². The van der Waals surface area contributed by atoms with Crippen LogP contribution < -0.4 is 10.1 Å². The third-order valence-corrected chi connectivity index (χ3v) is 4.06. The van der Waals surface area contributed by atoms with E-state index in [1.807, 2.05) is 73.7 Å². The Kier molecular flexibility index (Phi) is 6.52. The van der Waals surface area contributed by atoms with Crippen LogP contribution >= 0.6 is 0 Å². The zero-order valence-corrected chi connectivity index (χ0v) is 15.4. The number of urea groups is 1. The maximum absolute atomic E-state index is 12.4. The van der Waals surface area contributed by atoms with Crippen molar-refractivity contribution >= 4 is 6.03 Å². The maximum Gasteiger partial charge on any atom is 0.318 e. The van der Waals surface area contributed by atoms with Crippen molar-refractivity contribution in [3.8, 4) is 5.75 Å². The van der Waals surface area contributed by atoms with E-state index in [-0.39, 0.29) is 6.03 Å². The molecule has 0 radical (unpaired) electrons. The summed E-state index contributed by atoms with van der Waals surface area (Å²) in [4.78, 5) is 14.1. The fourth-order valence-electron chi connectivity index (χ4n) is 2.75.